The molecular weight excluding hydrogens is 234 g/mol. The first-order chi connectivity index (χ1) is 6.27. The molecular formula is C8H12BrN3O. The summed E-state index contributed by atoms with van der Waals surface area (Å²) in [6.07, 6.45) is 0.137. The van der Waals surface area contributed by atoms with Gasteiger partial charge in [0.2, 0.25) is 0 Å². The molecule has 4 nitrogen and oxygen atoms in total. The van der Waals surface area contributed by atoms with Crippen LogP contribution < -0.4 is 5.32 Å². The smallest absolute Gasteiger partial charge is 0.128 e. The van der Waals surface area contributed by atoms with E-state index in [0.717, 1.165) is 30.0 Å². The van der Waals surface area contributed by atoms with Gasteiger partial charge in [0.05, 0.1) is 12.3 Å². The van der Waals surface area contributed by atoms with Gasteiger partial charge in [-0.05, 0) is 22.0 Å². The van der Waals surface area contributed by atoms with Crippen LogP contribution in [0.1, 0.15) is 11.8 Å². The van der Waals surface area contributed by atoms with E-state index in [1.807, 2.05) is 17.8 Å². The van der Waals surface area contributed by atoms with Gasteiger partial charge in [0, 0.05) is 20.1 Å². The molecule has 0 aliphatic carbocycles. The van der Waals surface area contributed by atoms with Crippen LogP contribution in [0.25, 0.3) is 0 Å². The quantitative estimate of drug-likeness (QED) is 0.798. The van der Waals surface area contributed by atoms with Crippen LogP contribution in [-0.2, 0) is 11.8 Å². The van der Waals surface area contributed by atoms with Gasteiger partial charge in [-0.3, -0.25) is 4.68 Å². The second-order valence-electron chi connectivity index (χ2n) is 3.08. The third kappa shape index (κ3) is 1.92. The molecule has 1 N–H and O–H groups in total. The number of morpholine rings is 1. The molecule has 2 heterocycles. The zero-order chi connectivity index (χ0) is 9.26. The summed E-state index contributed by atoms with van der Waals surface area (Å²) in [5, 5.41) is 7.50. The van der Waals surface area contributed by atoms with E-state index >= 15 is 0 Å². The lowest BCUT2D eigenvalue weighted by Gasteiger charge is -2.23. The number of aryl methyl sites for hydroxylation is 1. The molecule has 1 aromatic heterocycles. The summed E-state index contributed by atoms with van der Waals surface area (Å²) in [4.78, 5) is 0. The summed E-state index contributed by atoms with van der Waals surface area (Å²) in [7, 11) is 1.93. The molecule has 1 fully saturated rings. The second-order valence-corrected chi connectivity index (χ2v) is 3.89. The van der Waals surface area contributed by atoms with Crippen molar-refractivity contribution in [3.05, 3.63) is 16.4 Å². The van der Waals surface area contributed by atoms with E-state index in [9.17, 15) is 0 Å². The number of hydrogen-bond donors (Lipinski definition) is 1. The fourth-order valence-electron chi connectivity index (χ4n) is 1.50. The maximum Gasteiger partial charge on any atom is 0.128 e. The summed E-state index contributed by atoms with van der Waals surface area (Å²) in [6.45, 7) is 2.58. The molecule has 0 bridgehead atoms. The molecule has 5 heteroatoms. The predicted octanol–water partition coefficient (Wildman–Crippen LogP) is 0.843. The highest BCUT2D eigenvalue weighted by molar-refractivity contribution is 9.10. The van der Waals surface area contributed by atoms with Crippen LogP contribution in [0.15, 0.2) is 10.7 Å². The average Bonchev–Trinajstić information content (AvgIpc) is 2.47. The van der Waals surface area contributed by atoms with Crippen molar-refractivity contribution in [3.63, 3.8) is 0 Å². The summed E-state index contributed by atoms with van der Waals surface area (Å²) in [5.74, 6) is 0. The van der Waals surface area contributed by atoms with Crippen molar-refractivity contribution in [1.29, 1.82) is 0 Å². The van der Waals surface area contributed by atoms with E-state index in [-0.39, 0.29) is 6.10 Å². The second kappa shape index (κ2) is 3.77. The molecule has 1 unspecified atom stereocenters. The van der Waals surface area contributed by atoms with E-state index < -0.39 is 0 Å². The monoisotopic (exact) mass is 245 g/mol. The van der Waals surface area contributed by atoms with Crippen molar-refractivity contribution in [3.8, 4) is 0 Å². The average molecular weight is 246 g/mol. The zero-order valence-corrected chi connectivity index (χ0v) is 9.04. The van der Waals surface area contributed by atoms with Crippen molar-refractivity contribution < 1.29 is 4.74 Å². The van der Waals surface area contributed by atoms with Crippen molar-refractivity contribution >= 4 is 15.9 Å². The minimum Gasteiger partial charge on any atom is -0.369 e. The van der Waals surface area contributed by atoms with Crippen molar-refractivity contribution in [2.24, 2.45) is 7.05 Å². The van der Waals surface area contributed by atoms with Gasteiger partial charge < -0.3 is 10.1 Å². The highest BCUT2D eigenvalue weighted by atomic mass is 79.9. The topological polar surface area (TPSA) is 39.1 Å². The molecule has 1 atom stereocenters. The Morgan fingerprint density at radius 2 is 2.62 bits per heavy atom. The summed E-state index contributed by atoms with van der Waals surface area (Å²) < 4.78 is 8.32. The molecule has 0 radical (unpaired) electrons. The Labute approximate surface area is 85.4 Å². The molecule has 0 saturated carbocycles. The Bertz CT molecular complexity index is 294. The first-order valence-corrected chi connectivity index (χ1v) is 5.08. The lowest BCUT2D eigenvalue weighted by atomic mass is 10.2. The highest BCUT2D eigenvalue weighted by Gasteiger charge is 2.19. The summed E-state index contributed by atoms with van der Waals surface area (Å²) >= 11 is 3.34. The molecule has 13 heavy (non-hydrogen) atoms. The predicted molar refractivity (Wildman–Crippen MR) is 52.5 cm³/mol. The molecule has 72 valence electrons. The number of aromatic nitrogens is 2. The van der Waals surface area contributed by atoms with Gasteiger partial charge >= 0.3 is 0 Å². The van der Waals surface area contributed by atoms with Gasteiger partial charge in [0.25, 0.3) is 0 Å². The van der Waals surface area contributed by atoms with Crippen LogP contribution in [0.3, 0.4) is 0 Å². The number of halogens is 1. The molecule has 1 saturated heterocycles. The Morgan fingerprint density at radius 1 is 1.77 bits per heavy atom. The molecule has 1 aliphatic heterocycles. The summed E-state index contributed by atoms with van der Waals surface area (Å²) in [5.41, 5.74) is 1.11. The van der Waals surface area contributed by atoms with Gasteiger partial charge in [-0.1, -0.05) is 0 Å². The Morgan fingerprint density at radius 3 is 3.15 bits per heavy atom. The van der Waals surface area contributed by atoms with Crippen LogP contribution in [-0.4, -0.2) is 29.5 Å². The van der Waals surface area contributed by atoms with Crippen LogP contribution >= 0.6 is 15.9 Å². The lowest BCUT2D eigenvalue weighted by molar-refractivity contribution is 0.0227. The maximum atomic E-state index is 5.61. The first-order valence-electron chi connectivity index (χ1n) is 4.29. The lowest BCUT2D eigenvalue weighted by Crippen LogP contribution is -2.34. The van der Waals surface area contributed by atoms with Crippen LogP contribution in [0, 0.1) is 0 Å². The molecule has 2 rings (SSSR count). The standard InChI is InChI=1S/C8H12BrN3O/c1-12-6(4-8(9)11-12)7-5-10-2-3-13-7/h4,7,10H,2-3,5H2,1H3. The minimum absolute atomic E-state index is 0.137. The third-order valence-corrected chi connectivity index (χ3v) is 2.53. The molecule has 1 aliphatic rings. The van der Waals surface area contributed by atoms with Crippen LogP contribution in [0.2, 0.25) is 0 Å². The van der Waals surface area contributed by atoms with E-state index in [1.165, 1.54) is 0 Å². The molecule has 0 aromatic carbocycles. The van der Waals surface area contributed by atoms with Gasteiger partial charge in [0.1, 0.15) is 10.7 Å². The van der Waals surface area contributed by atoms with E-state index in [2.05, 4.69) is 26.3 Å². The fourth-order valence-corrected chi connectivity index (χ4v) is 1.97. The van der Waals surface area contributed by atoms with Gasteiger partial charge in [0.15, 0.2) is 0 Å². The van der Waals surface area contributed by atoms with E-state index in [1.54, 1.807) is 0 Å². The highest BCUT2D eigenvalue weighted by Crippen LogP contribution is 2.20. The zero-order valence-electron chi connectivity index (χ0n) is 7.46. The van der Waals surface area contributed by atoms with Crippen molar-refractivity contribution in [1.82, 2.24) is 15.1 Å². The Hall–Kier alpha value is -0.390. The number of hydrogen-bond acceptors (Lipinski definition) is 3. The molecule has 0 spiro atoms. The number of nitrogens with one attached hydrogen (secondary N) is 1. The van der Waals surface area contributed by atoms with Gasteiger partial charge in [-0.25, -0.2) is 0 Å². The SMILES string of the molecule is Cn1nc(Br)cc1C1CNCCO1. The van der Waals surface area contributed by atoms with Crippen molar-refractivity contribution in [2.75, 3.05) is 19.7 Å². The maximum absolute atomic E-state index is 5.61. The van der Waals surface area contributed by atoms with Crippen LogP contribution in [0.5, 0.6) is 0 Å². The van der Waals surface area contributed by atoms with Gasteiger partial charge in [-0.2, -0.15) is 5.10 Å². The normalized spacial score (nSPS) is 23.4. The first kappa shape index (κ1) is 9.18. The Balaban J connectivity index is 2.18. The largest absolute Gasteiger partial charge is 0.369 e. The van der Waals surface area contributed by atoms with Gasteiger partial charge in [-0.15, -0.1) is 0 Å². The molecule has 0 amide bonds. The van der Waals surface area contributed by atoms with E-state index in [0.29, 0.717) is 0 Å². The number of ether oxygens (including phenoxy) is 1. The fraction of sp³-hybridized carbons (Fsp3) is 0.625. The number of nitrogens with zero attached hydrogens (tertiary/aromatic N) is 2. The third-order valence-electron chi connectivity index (χ3n) is 2.14. The van der Waals surface area contributed by atoms with E-state index in [4.69, 9.17) is 4.74 Å². The van der Waals surface area contributed by atoms with Crippen LogP contribution in [0.4, 0.5) is 0 Å². The molecule has 1 aromatic rings. The van der Waals surface area contributed by atoms with Crippen molar-refractivity contribution in [2.45, 2.75) is 6.10 Å². The Kier molecular flexibility index (Phi) is 2.66. The summed E-state index contributed by atoms with van der Waals surface area (Å²) in [6, 6.07) is 2.00. The minimum atomic E-state index is 0.137. The number of rotatable bonds is 1.